The average Bonchev–Trinajstić information content (AvgIpc) is 3.31. The fourth-order valence-electron chi connectivity index (χ4n) is 8.66. The van der Waals surface area contributed by atoms with E-state index in [9.17, 15) is 15.0 Å². The van der Waals surface area contributed by atoms with E-state index in [1.165, 1.54) is 199 Å². The molecule has 0 saturated heterocycles. The Labute approximate surface area is 406 Å². The van der Waals surface area contributed by atoms with E-state index < -0.39 is 12.1 Å². The lowest BCUT2D eigenvalue weighted by molar-refractivity contribution is -0.123. The summed E-state index contributed by atoms with van der Waals surface area (Å²) < 4.78 is 0. The van der Waals surface area contributed by atoms with Crippen LogP contribution in [0.3, 0.4) is 0 Å². The quantitative estimate of drug-likeness (QED) is 0.0421. The lowest BCUT2D eigenvalue weighted by atomic mass is 10.0. The number of hydrogen-bond donors (Lipinski definition) is 3. The van der Waals surface area contributed by atoms with Crippen LogP contribution < -0.4 is 5.32 Å². The van der Waals surface area contributed by atoms with Crippen molar-refractivity contribution in [2.24, 2.45) is 0 Å². The molecular weight excluding hydrogens is 795 g/mol. The normalized spacial score (nSPS) is 13.4. The first-order valence-electron chi connectivity index (χ1n) is 28.6. The van der Waals surface area contributed by atoms with Gasteiger partial charge in [0.1, 0.15) is 0 Å². The van der Waals surface area contributed by atoms with E-state index in [1.54, 1.807) is 0 Å². The summed E-state index contributed by atoms with van der Waals surface area (Å²) in [6.07, 6.45) is 80.4. The number of carbonyl (C=O) groups excluding carboxylic acids is 1. The highest BCUT2D eigenvalue weighted by atomic mass is 16.3. The van der Waals surface area contributed by atoms with Crippen molar-refractivity contribution in [2.45, 2.75) is 302 Å². The van der Waals surface area contributed by atoms with Gasteiger partial charge < -0.3 is 15.5 Å². The van der Waals surface area contributed by atoms with Crippen molar-refractivity contribution < 1.29 is 15.0 Å². The summed E-state index contributed by atoms with van der Waals surface area (Å²) in [5, 5.41) is 23.3. The minimum Gasteiger partial charge on any atom is -0.394 e. The molecule has 0 radical (unpaired) electrons. The SMILES string of the molecule is CC/C=C\C/C=C\C/C=C\C/C=C\C/C=C\C/C=C\CCCCCCCCCCCCCCCCCCCCC(=O)NC(CO)C(O)CCCCCCCCCCCCCCCCCC. The molecule has 4 heteroatoms. The number of hydrogen-bond acceptors (Lipinski definition) is 3. The maximum atomic E-state index is 12.5. The minimum absolute atomic E-state index is 0.0292. The Bertz CT molecular complexity index is 1120. The van der Waals surface area contributed by atoms with Crippen LogP contribution in [0, 0.1) is 0 Å². The summed E-state index contributed by atoms with van der Waals surface area (Å²) in [4.78, 5) is 12.5. The molecule has 0 rings (SSSR count). The Morgan fingerprint density at radius 1 is 0.385 bits per heavy atom. The first kappa shape index (κ1) is 62.8. The summed E-state index contributed by atoms with van der Waals surface area (Å²) >= 11 is 0. The van der Waals surface area contributed by atoms with E-state index in [-0.39, 0.29) is 12.5 Å². The van der Waals surface area contributed by atoms with Gasteiger partial charge in [0.05, 0.1) is 18.8 Å². The summed E-state index contributed by atoms with van der Waals surface area (Å²) in [6.45, 7) is 4.26. The van der Waals surface area contributed by atoms with Crippen molar-refractivity contribution in [1.82, 2.24) is 5.32 Å². The van der Waals surface area contributed by atoms with Crippen molar-refractivity contribution in [3.05, 3.63) is 72.9 Å². The van der Waals surface area contributed by atoms with Gasteiger partial charge in [-0.2, -0.15) is 0 Å². The van der Waals surface area contributed by atoms with Crippen LogP contribution in [0.25, 0.3) is 0 Å². The van der Waals surface area contributed by atoms with Gasteiger partial charge in [0, 0.05) is 6.42 Å². The van der Waals surface area contributed by atoms with Gasteiger partial charge >= 0.3 is 0 Å². The smallest absolute Gasteiger partial charge is 0.220 e. The van der Waals surface area contributed by atoms with E-state index in [1.807, 2.05) is 0 Å². The molecule has 0 aliphatic carbocycles. The Morgan fingerprint density at radius 2 is 0.677 bits per heavy atom. The summed E-state index contributed by atoms with van der Waals surface area (Å²) in [6, 6.07) is -0.537. The highest BCUT2D eigenvalue weighted by Crippen LogP contribution is 2.17. The summed E-state index contributed by atoms with van der Waals surface area (Å²) in [5.41, 5.74) is 0. The monoisotopic (exact) mass is 906 g/mol. The van der Waals surface area contributed by atoms with Gasteiger partial charge in [0.25, 0.3) is 0 Å². The van der Waals surface area contributed by atoms with Crippen LogP contribution in [0.15, 0.2) is 72.9 Å². The zero-order valence-electron chi connectivity index (χ0n) is 43.5. The molecule has 2 atom stereocenters. The molecule has 378 valence electrons. The molecule has 0 spiro atoms. The molecular formula is C61H111NO3. The number of rotatable bonds is 52. The van der Waals surface area contributed by atoms with Crippen LogP contribution in [0.2, 0.25) is 0 Å². The van der Waals surface area contributed by atoms with Crippen molar-refractivity contribution in [3.8, 4) is 0 Å². The van der Waals surface area contributed by atoms with E-state index >= 15 is 0 Å². The largest absolute Gasteiger partial charge is 0.394 e. The first-order valence-corrected chi connectivity index (χ1v) is 28.6. The third-order valence-corrected chi connectivity index (χ3v) is 13.0. The molecule has 0 aromatic rings. The lowest BCUT2D eigenvalue weighted by Gasteiger charge is -2.22. The molecule has 0 aliphatic rings. The van der Waals surface area contributed by atoms with Gasteiger partial charge in [-0.05, 0) is 64.2 Å². The van der Waals surface area contributed by atoms with Crippen molar-refractivity contribution >= 4 is 5.91 Å². The zero-order chi connectivity index (χ0) is 47.0. The number of unbranched alkanes of at least 4 members (excludes halogenated alkanes) is 33. The second-order valence-corrected chi connectivity index (χ2v) is 19.3. The number of aliphatic hydroxyl groups excluding tert-OH is 2. The van der Waals surface area contributed by atoms with Crippen molar-refractivity contribution in [2.75, 3.05) is 6.61 Å². The molecule has 0 heterocycles. The van der Waals surface area contributed by atoms with Crippen molar-refractivity contribution in [3.63, 3.8) is 0 Å². The van der Waals surface area contributed by atoms with E-state index in [0.717, 1.165) is 64.2 Å². The number of amides is 1. The third-order valence-electron chi connectivity index (χ3n) is 13.0. The topological polar surface area (TPSA) is 69.6 Å². The Kier molecular flexibility index (Phi) is 54.3. The first-order chi connectivity index (χ1) is 32.2. The Balaban J connectivity index is 3.45. The molecule has 3 N–H and O–H groups in total. The fourth-order valence-corrected chi connectivity index (χ4v) is 8.66. The molecule has 2 unspecified atom stereocenters. The molecule has 65 heavy (non-hydrogen) atoms. The van der Waals surface area contributed by atoms with Gasteiger partial charge in [-0.3, -0.25) is 4.79 Å². The van der Waals surface area contributed by atoms with E-state index in [4.69, 9.17) is 0 Å². The van der Waals surface area contributed by atoms with Gasteiger partial charge in [-0.15, -0.1) is 0 Å². The third kappa shape index (κ3) is 52.7. The maximum absolute atomic E-state index is 12.5. The molecule has 4 nitrogen and oxygen atoms in total. The molecule has 0 saturated carbocycles. The number of aliphatic hydroxyl groups is 2. The van der Waals surface area contributed by atoms with Crippen LogP contribution >= 0.6 is 0 Å². The number of carbonyl (C=O) groups is 1. The van der Waals surface area contributed by atoms with Gasteiger partial charge in [0.15, 0.2) is 0 Å². The average molecular weight is 907 g/mol. The zero-order valence-corrected chi connectivity index (χ0v) is 43.5. The maximum Gasteiger partial charge on any atom is 0.220 e. The van der Waals surface area contributed by atoms with Crippen LogP contribution in [0.5, 0.6) is 0 Å². The van der Waals surface area contributed by atoms with Gasteiger partial charge in [-0.1, -0.05) is 292 Å². The van der Waals surface area contributed by atoms with Crippen molar-refractivity contribution in [1.29, 1.82) is 0 Å². The molecule has 0 fully saturated rings. The molecule has 0 aromatic heterocycles. The van der Waals surface area contributed by atoms with Crippen LogP contribution in [0.1, 0.15) is 290 Å². The second kappa shape index (κ2) is 56.2. The van der Waals surface area contributed by atoms with Crippen LogP contribution in [-0.2, 0) is 4.79 Å². The highest BCUT2D eigenvalue weighted by molar-refractivity contribution is 5.76. The summed E-state index contributed by atoms with van der Waals surface area (Å²) in [5.74, 6) is -0.0292. The lowest BCUT2D eigenvalue weighted by Crippen LogP contribution is -2.45. The Morgan fingerprint density at radius 3 is 1.02 bits per heavy atom. The van der Waals surface area contributed by atoms with Crippen LogP contribution in [-0.4, -0.2) is 34.9 Å². The second-order valence-electron chi connectivity index (χ2n) is 19.3. The van der Waals surface area contributed by atoms with Gasteiger partial charge in [0.2, 0.25) is 5.91 Å². The highest BCUT2D eigenvalue weighted by Gasteiger charge is 2.20. The molecule has 0 aromatic carbocycles. The number of allylic oxidation sites excluding steroid dienone is 12. The molecule has 0 aliphatic heterocycles. The van der Waals surface area contributed by atoms with Gasteiger partial charge in [-0.25, -0.2) is 0 Å². The standard InChI is InChI=1S/C61H111NO3/c1-3-5-7-9-11-13-15-17-19-21-22-23-24-25-26-27-28-29-30-31-32-33-34-35-36-37-38-39-40-41-43-45-47-49-51-53-55-57-61(65)62-59(58-63)60(64)56-54-52-50-48-46-44-42-20-18-16-14-12-10-8-6-4-2/h5,7,11,13,17,19,22-23,25-26,28-29,59-60,63-64H,3-4,6,8-10,12,14-16,18,20-21,24,27,30-58H2,1-2H3,(H,62,65)/b7-5-,13-11-,19-17-,23-22-,26-25-,29-28-. The molecule has 1 amide bonds. The van der Waals surface area contributed by atoms with E-state index in [0.29, 0.717) is 12.8 Å². The minimum atomic E-state index is -0.660. The molecule has 0 bridgehead atoms. The summed E-state index contributed by atoms with van der Waals surface area (Å²) in [7, 11) is 0. The Hall–Kier alpha value is -2.17. The van der Waals surface area contributed by atoms with Crippen LogP contribution in [0.4, 0.5) is 0 Å². The predicted octanol–water partition coefficient (Wildman–Crippen LogP) is 19.0. The predicted molar refractivity (Wildman–Crippen MR) is 290 cm³/mol. The van der Waals surface area contributed by atoms with E-state index in [2.05, 4.69) is 92.1 Å². The fraction of sp³-hybridized carbons (Fsp3) is 0.787. The number of nitrogens with one attached hydrogen (secondary N) is 1.